The SMILES string of the molecule is O=[N+]([O-])c1ccc2c(c1)[se]c1cc(Cl)ccc12. The summed E-state index contributed by atoms with van der Waals surface area (Å²) in [6, 6.07) is 10.8. The third-order valence-electron chi connectivity index (χ3n) is 2.63. The van der Waals surface area contributed by atoms with E-state index in [1.165, 1.54) is 4.26 Å². The van der Waals surface area contributed by atoms with Gasteiger partial charge in [-0.25, -0.2) is 0 Å². The molecular formula is C12H6ClNO2Se. The van der Waals surface area contributed by atoms with E-state index >= 15 is 0 Å². The third kappa shape index (κ3) is 1.75. The van der Waals surface area contributed by atoms with Crippen molar-refractivity contribution in [1.29, 1.82) is 0 Å². The van der Waals surface area contributed by atoms with Gasteiger partial charge in [-0.2, -0.15) is 0 Å². The Bertz CT molecular complexity index is 751. The number of nitro groups is 1. The van der Waals surface area contributed by atoms with Gasteiger partial charge in [0.1, 0.15) is 0 Å². The Morgan fingerprint density at radius 2 is 1.71 bits per heavy atom. The molecule has 84 valence electrons. The van der Waals surface area contributed by atoms with Crippen LogP contribution in [0.4, 0.5) is 5.69 Å². The van der Waals surface area contributed by atoms with Crippen LogP contribution < -0.4 is 0 Å². The van der Waals surface area contributed by atoms with Crippen molar-refractivity contribution < 1.29 is 4.92 Å². The predicted octanol–water partition coefficient (Wildman–Crippen LogP) is 3.61. The molecule has 0 N–H and O–H groups in total. The van der Waals surface area contributed by atoms with Crippen LogP contribution in [0.1, 0.15) is 0 Å². The maximum absolute atomic E-state index is 10.7. The number of hydrogen-bond donors (Lipinski definition) is 0. The fourth-order valence-corrected chi connectivity index (χ4v) is 4.64. The van der Waals surface area contributed by atoms with Crippen molar-refractivity contribution in [3.63, 3.8) is 0 Å². The number of halogens is 1. The van der Waals surface area contributed by atoms with Crippen molar-refractivity contribution in [2.75, 3.05) is 0 Å². The molecule has 0 bridgehead atoms. The minimum absolute atomic E-state index is 0.113. The summed E-state index contributed by atoms with van der Waals surface area (Å²) in [5.74, 6) is 0. The molecule has 0 amide bonds. The van der Waals surface area contributed by atoms with Crippen molar-refractivity contribution in [3.8, 4) is 0 Å². The Kier molecular flexibility index (Phi) is 2.44. The molecule has 0 saturated heterocycles. The van der Waals surface area contributed by atoms with Gasteiger partial charge in [0, 0.05) is 0 Å². The van der Waals surface area contributed by atoms with Gasteiger partial charge < -0.3 is 0 Å². The molecule has 1 aromatic heterocycles. The third-order valence-corrected chi connectivity index (χ3v) is 5.20. The Morgan fingerprint density at radius 3 is 2.41 bits per heavy atom. The van der Waals surface area contributed by atoms with Crippen LogP contribution >= 0.6 is 11.6 Å². The van der Waals surface area contributed by atoms with Crippen LogP contribution in [-0.2, 0) is 0 Å². The zero-order chi connectivity index (χ0) is 12.0. The molecule has 0 aliphatic carbocycles. The molecule has 2 aromatic carbocycles. The molecule has 3 aromatic rings. The summed E-state index contributed by atoms with van der Waals surface area (Å²) < 4.78 is 2.25. The molecular weight excluding hydrogens is 305 g/mol. The summed E-state index contributed by atoms with van der Waals surface area (Å²) in [6.45, 7) is 0. The van der Waals surface area contributed by atoms with E-state index in [9.17, 15) is 10.1 Å². The maximum atomic E-state index is 10.7. The molecule has 0 aliphatic heterocycles. The predicted molar refractivity (Wildman–Crippen MR) is 70.1 cm³/mol. The number of nitrogens with zero attached hydrogens (tertiary/aromatic N) is 1. The fraction of sp³-hybridized carbons (Fsp3) is 0. The summed E-state index contributed by atoms with van der Waals surface area (Å²) in [4.78, 5) is 10.4. The molecule has 0 fully saturated rings. The molecule has 0 saturated carbocycles. The quantitative estimate of drug-likeness (QED) is 0.391. The van der Waals surface area contributed by atoms with Gasteiger partial charge in [0.25, 0.3) is 0 Å². The molecule has 0 radical (unpaired) electrons. The van der Waals surface area contributed by atoms with E-state index < -0.39 is 0 Å². The van der Waals surface area contributed by atoms with Crippen molar-refractivity contribution in [2.45, 2.75) is 0 Å². The van der Waals surface area contributed by atoms with Gasteiger partial charge in [-0.05, 0) is 0 Å². The first-order valence-electron chi connectivity index (χ1n) is 4.91. The van der Waals surface area contributed by atoms with Gasteiger partial charge in [0.2, 0.25) is 0 Å². The van der Waals surface area contributed by atoms with Gasteiger partial charge in [-0.15, -0.1) is 0 Å². The number of rotatable bonds is 1. The molecule has 17 heavy (non-hydrogen) atoms. The first-order chi connectivity index (χ1) is 8.15. The van der Waals surface area contributed by atoms with Crippen molar-refractivity contribution >= 4 is 51.1 Å². The van der Waals surface area contributed by atoms with Crippen LogP contribution in [0.15, 0.2) is 36.4 Å². The van der Waals surface area contributed by atoms with Crippen molar-refractivity contribution in [2.24, 2.45) is 0 Å². The number of benzene rings is 2. The van der Waals surface area contributed by atoms with Crippen LogP contribution in [0.25, 0.3) is 19.3 Å². The molecule has 0 aliphatic rings. The second-order valence-electron chi connectivity index (χ2n) is 3.68. The van der Waals surface area contributed by atoms with Gasteiger partial charge in [0.05, 0.1) is 0 Å². The molecule has 0 unspecified atom stereocenters. The van der Waals surface area contributed by atoms with E-state index in [0.717, 1.165) is 15.0 Å². The number of fused-ring (bicyclic) bond motifs is 3. The fourth-order valence-electron chi connectivity index (χ4n) is 1.85. The second-order valence-corrected chi connectivity index (χ2v) is 6.39. The van der Waals surface area contributed by atoms with Crippen LogP contribution in [-0.4, -0.2) is 19.4 Å². The van der Waals surface area contributed by atoms with Gasteiger partial charge >= 0.3 is 108 Å². The van der Waals surface area contributed by atoms with Crippen LogP contribution in [0.3, 0.4) is 0 Å². The Labute approximate surface area is 108 Å². The minimum atomic E-state index is -0.355. The second kappa shape index (κ2) is 3.84. The monoisotopic (exact) mass is 311 g/mol. The van der Waals surface area contributed by atoms with Crippen LogP contribution in [0.2, 0.25) is 5.02 Å². The number of nitro benzene ring substituents is 1. The van der Waals surface area contributed by atoms with E-state index in [2.05, 4.69) is 0 Å². The molecule has 0 atom stereocenters. The number of hydrogen-bond acceptors (Lipinski definition) is 2. The normalized spacial score (nSPS) is 11.1. The molecule has 0 spiro atoms. The summed E-state index contributed by atoms with van der Waals surface area (Å²) in [5.41, 5.74) is 0.157. The van der Waals surface area contributed by atoms with Crippen molar-refractivity contribution in [3.05, 3.63) is 51.5 Å². The average molecular weight is 311 g/mol. The Balaban J connectivity index is 2.38. The molecule has 3 rings (SSSR count). The summed E-state index contributed by atoms with van der Waals surface area (Å²) in [7, 11) is 0. The van der Waals surface area contributed by atoms with E-state index in [4.69, 9.17) is 11.6 Å². The topological polar surface area (TPSA) is 43.1 Å². The van der Waals surface area contributed by atoms with E-state index in [1.807, 2.05) is 24.3 Å². The van der Waals surface area contributed by atoms with E-state index in [0.29, 0.717) is 5.02 Å². The zero-order valence-electron chi connectivity index (χ0n) is 8.51. The Hall–Kier alpha value is -1.35. The van der Waals surface area contributed by atoms with Gasteiger partial charge in [0.15, 0.2) is 0 Å². The van der Waals surface area contributed by atoms with Crippen LogP contribution in [0.5, 0.6) is 0 Å². The van der Waals surface area contributed by atoms with Crippen molar-refractivity contribution in [1.82, 2.24) is 0 Å². The first kappa shape index (κ1) is 10.8. The molecule has 1 heterocycles. The first-order valence-corrected chi connectivity index (χ1v) is 7.00. The van der Waals surface area contributed by atoms with E-state index in [1.54, 1.807) is 12.1 Å². The summed E-state index contributed by atoms with van der Waals surface area (Å²) >= 11 is 6.06. The van der Waals surface area contributed by atoms with Gasteiger partial charge in [-0.3, -0.25) is 0 Å². The van der Waals surface area contributed by atoms with Crippen LogP contribution in [0, 0.1) is 10.1 Å². The van der Waals surface area contributed by atoms with E-state index in [-0.39, 0.29) is 25.1 Å². The summed E-state index contributed by atoms with van der Waals surface area (Å²) in [6.07, 6.45) is 0. The zero-order valence-corrected chi connectivity index (χ0v) is 11.0. The Morgan fingerprint density at radius 1 is 1.06 bits per heavy atom. The average Bonchev–Trinajstić information content (AvgIpc) is 2.64. The standard InChI is InChI=1S/C12H6ClNO2Se/c13-7-1-3-9-10-4-2-8(14(15)16)6-12(10)17-11(9)5-7/h1-6H. The van der Waals surface area contributed by atoms with Gasteiger partial charge in [-0.1, -0.05) is 0 Å². The number of non-ortho nitro benzene ring substituents is 1. The molecule has 3 nitrogen and oxygen atoms in total. The summed E-state index contributed by atoms with van der Waals surface area (Å²) in [5, 5.41) is 13.7. The molecule has 5 heteroatoms.